The van der Waals surface area contributed by atoms with Crippen LogP contribution in [0.4, 0.5) is 0 Å². The molecule has 138 valence electrons. The summed E-state index contributed by atoms with van der Waals surface area (Å²) in [6.07, 6.45) is 1.91. The Kier molecular flexibility index (Phi) is 6.28. The summed E-state index contributed by atoms with van der Waals surface area (Å²) >= 11 is 1.77. The van der Waals surface area contributed by atoms with Crippen LogP contribution in [0, 0.1) is 0 Å². The van der Waals surface area contributed by atoms with Crippen molar-refractivity contribution in [2.75, 3.05) is 33.7 Å². The molecule has 1 N–H and O–H groups in total. The van der Waals surface area contributed by atoms with E-state index >= 15 is 0 Å². The van der Waals surface area contributed by atoms with Crippen molar-refractivity contribution in [2.24, 2.45) is 4.99 Å². The van der Waals surface area contributed by atoms with E-state index in [1.54, 1.807) is 18.4 Å². The summed E-state index contributed by atoms with van der Waals surface area (Å²) in [6, 6.07) is 12.6. The lowest BCUT2D eigenvalue weighted by Gasteiger charge is -2.29. The van der Waals surface area contributed by atoms with E-state index in [1.807, 2.05) is 18.0 Å². The summed E-state index contributed by atoms with van der Waals surface area (Å²) in [5.74, 6) is 0.875. The van der Waals surface area contributed by atoms with Gasteiger partial charge in [0.15, 0.2) is 5.96 Å². The normalized spacial score (nSPS) is 14.1. The van der Waals surface area contributed by atoms with Gasteiger partial charge in [0.25, 0.3) is 0 Å². The first-order valence-electron chi connectivity index (χ1n) is 8.96. The number of amides is 1. The molecule has 0 aliphatic carbocycles. The van der Waals surface area contributed by atoms with Crippen molar-refractivity contribution in [3.8, 4) is 0 Å². The maximum Gasteiger partial charge on any atom is 0.242 e. The molecule has 1 amide bonds. The van der Waals surface area contributed by atoms with E-state index in [1.165, 1.54) is 16.0 Å². The average Bonchev–Trinajstić information content (AvgIpc) is 3.20. The van der Waals surface area contributed by atoms with Crippen LogP contribution in [0.1, 0.15) is 16.0 Å². The zero-order valence-corrected chi connectivity index (χ0v) is 16.3. The van der Waals surface area contributed by atoms with Gasteiger partial charge in [0, 0.05) is 38.6 Å². The van der Waals surface area contributed by atoms with Crippen LogP contribution in [-0.4, -0.2) is 55.4 Å². The molecule has 0 spiro atoms. The molecule has 1 aromatic carbocycles. The van der Waals surface area contributed by atoms with E-state index in [9.17, 15) is 4.79 Å². The van der Waals surface area contributed by atoms with Crippen molar-refractivity contribution in [1.82, 2.24) is 15.1 Å². The van der Waals surface area contributed by atoms with Crippen LogP contribution in [0.3, 0.4) is 0 Å². The smallest absolute Gasteiger partial charge is 0.242 e. The SMILES string of the molecule is CN=C(NCC(=O)N1CCc2ccccc2C1)N(C)CCc1cccs1. The summed E-state index contributed by atoms with van der Waals surface area (Å²) in [4.78, 5) is 22.2. The van der Waals surface area contributed by atoms with Gasteiger partial charge in [-0.2, -0.15) is 0 Å². The zero-order chi connectivity index (χ0) is 18.4. The number of rotatable bonds is 5. The molecule has 0 saturated heterocycles. The van der Waals surface area contributed by atoms with Gasteiger partial charge in [-0.3, -0.25) is 9.79 Å². The maximum atomic E-state index is 12.6. The molecule has 2 aromatic rings. The van der Waals surface area contributed by atoms with Crippen molar-refractivity contribution in [1.29, 1.82) is 0 Å². The molecule has 0 atom stereocenters. The molecule has 3 rings (SSSR count). The summed E-state index contributed by atoms with van der Waals surface area (Å²) in [7, 11) is 3.76. The number of nitrogens with zero attached hydrogens (tertiary/aromatic N) is 3. The van der Waals surface area contributed by atoms with Gasteiger partial charge >= 0.3 is 0 Å². The Balaban J connectivity index is 1.48. The maximum absolute atomic E-state index is 12.6. The number of aliphatic imine (C=N–C) groups is 1. The Morgan fingerprint density at radius 1 is 1.27 bits per heavy atom. The highest BCUT2D eigenvalue weighted by atomic mass is 32.1. The molecule has 0 unspecified atom stereocenters. The standard InChI is InChI=1S/C20H26N4OS/c1-21-20(23(2)11-10-18-8-5-13-26-18)22-14-19(25)24-12-9-16-6-3-4-7-17(16)15-24/h3-8,13H,9-12,14-15H2,1-2H3,(H,21,22). The molecule has 1 aliphatic heterocycles. The fourth-order valence-electron chi connectivity index (χ4n) is 3.20. The molecule has 0 radical (unpaired) electrons. The Bertz CT molecular complexity index is 757. The van der Waals surface area contributed by atoms with Crippen LogP contribution in [0.15, 0.2) is 46.8 Å². The first-order valence-corrected chi connectivity index (χ1v) is 9.84. The topological polar surface area (TPSA) is 47.9 Å². The van der Waals surface area contributed by atoms with Crippen LogP contribution >= 0.6 is 11.3 Å². The Morgan fingerprint density at radius 3 is 2.81 bits per heavy atom. The lowest BCUT2D eigenvalue weighted by atomic mass is 10.00. The number of nitrogens with one attached hydrogen (secondary N) is 1. The van der Waals surface area contributed by atoms with Gasteiger partial charge in [0.2, 0.25) is 5.91 Å². The first-order chi connectivity index (χ1) is 12.7. The number of hydrogen-bond donors (Lipinski definition) is 1. The monoisotopic (exact) mass is 370 g/mol. The van der Waals surface area contributed by atoms with Gasteiger partial charge in [0.05, 0.1) is 6.54 Å². The highest BCUT2D eigenvalue weighted by molar-refractivity contribution is 7.09. The zero-order valence-electron chi connectivity index (χ0n) is 15.4. The molecule has 26 heavy (non-hydrogen) atoms. The molecule has 0 fully saturated rings. The van der Waals surface area contributed by atoms with Gasteiger partial charge in [-0.15, -0.1) is 11.3 Å². The number of likely N-dealkylation sites (N-methyl/N-ethyl adjacent to an activating group) is 1. The number of fused-ring (bicyclic) bond motifs is 1. The van der Waals surface area contributed by atoms with E-state index in [4.69, 9.17) is 0 Å². The van der Waals surface area contributed by atoms with Crippen LogP contribution in [0.5, 0.6) is 0 Å². The Morgan fingerprint density at radius 2 is 2.08 bits per heavy atom. The molecule has 6 heteroatoms. The minimum Gasteiger partial charge on any atom is -0.347 e. The molecule has 1 aromatic heterocycles. The molecule has 2 heterocycles. The Hall–Kier alpha value is -2.34. The summed E-state index contributed by atoms with van der Waals surface area (Å²) in [5, 5.41) is 5.30. The average molecular weight is 371 g/mol. The quantitative estimate of drug-likeness (QED) is 0.649. The van der Waals surface area contributed by atoms with E-state index < -0.39 is 0 Å². The Labute approximate surface area is 159 Å². The largest absolute Gasteiger partial charge is 0.347 e. The second-order valence-electron chi connectivity index (χ2n) is 6.49. The van der Waals surface area contributed by atoms with Gasteiger partial charge in [0.1, 0.15) is 0 Å². The predicted octanol–water partition coefficient (Wildman–Crippen LogP) is 2.38. The minimum absolute atomic E-state index is 0.118. The van der Waals surface area contributed by atoms with Crippen molar-refractivity contribution in [3.05, 3.63) is 57.8 Å². The van der Waals surface area contributed by atoms with Gasteiger partial charge in [-0.25, -0.2) is 0 Å². The molecule has 0 saturated carbocycles. The number of thiophene rings is 1. The first kappa shape index (κ1) is 18.5. The van der Waals surface area contributed by atoms with Crippen molar-refractivity contribution in [3.63, 3.8) is 0 Å². The van der Waals surface area contributed by atoms with E-state index in [2.05, 4.69) is 50.9 Å². The van der Waals surface area contributed by atoms with Crippen LogP contribution < -0.4 is 5.32 Å². The van der Waals surface area contributed by atoms with Crippen molar-refractivity contribution < 1.29 is 4.79 Å². The number of hydrogen-bond acceptors (Lipinski definition) is 3. The lowest BCUT2D eigenvalue weighted by Crippen LogP contribution is -2.46. The van der Waals surface area contributed by atoms with Crippen LogP contribution in [0.25, 0.3) is 0 Å². The highest BCUT2D eigenvalue weighted by Crippen LogP contribution is 2.18. The lowest BCUT2D eigenvalue weighted by molar-refractivity contribution is -0.130. The molecule has 1 aliphatic rings. The molecule has 5 nitrogen and oxygen atoms in total. The summed E-state index contributed by atoms with van der Waals surface area (Å²) < 4.78 is 0. The second kappa shape index (κ2) is 8.85. The van der Waals surface area contributed by atoms with Crippen molar-refractivity contribution >= 4 is 23.2 Å². The minimum atomic E-state index is 0.118. The van der Waals surface area contributed by atoms with Crippen LogP contribution in [0.2, 0.25) is 0 Å². The van der Waals surface area contributed by atoms with Crippen LogP contribution in [-0.2, 0) is 24.2 Å². The summed E-state index contributed by atoms with van der Waals surface area (Å²) in [5.41, 5.74) is 2.61. The third-order valence-corrected chi connectivity index (χ3v) is 5.66. The second-order valence-corrected chi connectivity index (χ2v) is 7.52. The molecular weight excluding hydrogens is 344 g/mol. The van der Waals surface area contributed by atoms with Gasteiger partial charge < -0.3 is 15.1 Å². The number of guanidine groups is 1. The van der Waals surface area contributed by atoms with Gasteiger partial charge in [-0.1, -0.05) is 30.3 Å². The summed E-state index contributed by atoms with van der Waals surface area (Å²) in [6.45, 7) is 2.62. The van der Waals surface area contributed by atoms with E-state index in [0.29, 0.717) is 6.54 Å². The highest BCUT2D eigenvalue weighted by Gasteiger charge is 2.20. The number of carbonyl (C=O) groups excluding carboxylic acids is 1. The predicted molar refractivity (Wildman–Crippen MR) is 108 cm³/mol. The van der Waals surface area contributed by atoms with Gasteiger partial charge in [-0.05, 0) is 35.4 Å². The third kappa shape index (κ3) is 4.64. The fourth-order valence-corrected chi connectivity index (χ4v) is 3.90. The van der Waals surface area contributed by atoms with E-state index in [0.717, 1.165) is 31.9 Å². The molecular formula is C20H26N4OS. The number of carbonyl (C=O) groups is 1. The fraction of sp³-hybridized carbons (Fsp3) is 0.400. The van der Waals surface area contributed by atoms with Crippen molar-refractivity contribution in [2.45, 2.75) is 19.4 Å². The molecule has 0 bridgehead atoms. The number of benzene rings is 1. The third-order valence-electron chi connectivity index (χ3n) is 4.73. The van der Waals surface area contributed by atoms with E-state index in [-0.39, 0.29) is 12.5 Å².